The van der Waals surface area contributed by atoms with E-state index in [0.717, 1.165) is 0 Å². The molecule has 9 heavy (non-hydrogen) atoms. The van der Waals surface area contributed by atoms with E-state index in [1.54, 1.807) is 0 Å². The molecule has 0 aromatic rings. The lowest BCUT2D eigenvalue weighted by molar-refractivity contribution is -0.139. The van der Waals surface area contributed by atoms with Crippen molar-refractivity contribution in [1.29, 1.82) is 0 Å². The standard InChI is InChI=1S/C3H6ClNO3.ClH/c4-5-2(1-6)3(7)8;/h2,5-6H,1H2,(H,7,8);1H. The summed E-state index contributed by atoms with van der Waals surface area (Å²) in [6.07, 6.45) is 0. The summed E-state index contributed by atoms with van der Waals surface area (Å²) in [6.45, 7) is -0.501. The predicted octanol–water partition coefficient (Wildman–Crippen LogP) is -0.403. The Morgan fingerprint density at radius 1 is 1.78 bits per heavy atom. The van der Waals surface area contributed by atoms with Crippen molar-refractivity contribution < 1.29 is 15.0 Å². The Morgan fingerprint density at radius 3 is 2.22 bits per heavy atom. The Hall–Kier alpha value is -0.0300. The summed E-state index contributed by atoms with van der Waals surface area (Å²) in [5.41, 5.74) is 0. The van der Waals surface area contributed by atoms with Crippen LogP contribution in [-0.2, 0) is 4.79 Å². The van der Waals surface area contributed by atoms with Crippen molar-refractivity contribution in [2.75, 3.05) is 6.61 Å². The molecule has 4 nitrogen and oxygen atoms in total. The molecule has 0 saturated carbocycles. The van der Waals surface area contributed by atoms with Gasteiger partial charge >= 0.3 is 5.97 Å². The third-order valence-corrected chi connectivity index (χ3v) is 0.876. The van der Waals surface area contributed by atoms with E-state index in [2.05, 4.69) is 0 Å². The molecule has 0 spiro atoms. The Bertz CT molecular complexity index is 85.1. The number of hydrogen-bond acceptors (Lipinski definition) is 3. The molecule has 6 heteroatoms. The SMILES string of the molecule is Cl.O=C(O)C(CO)NCl. The Labute approximate surface area is 63.3 Å². The Morgan fingerprint density at radius 2 is 2.22 bits per heavy atom. The summed E-state index contributed by atoms with van der Waals surface area (Å²) >= 11 is 4.87. The number of carbonyl (C=O) groups is 1. The maximum absolute atomic E-state index is 9.85. The van der Waals surface area contributed by atoms with Crippen LogP contribution >= 0.6 is 24.2 Å². The van der Waals surface area contributed by atoms with Crippen LogP contribution in [0.15, 0.2) is 0 Å². The first kappa shape index (κ1) is 11.7. The fourth-order valence-corrected chi connectivity index (χ4v) is 0.322. The van der Waals surface area contributed by atoms with Gasteiger partial charge in [0.25, 0.3) is 0 Å². The second-order valence-corrected chi connectivity index (χ2v) is 1.40. The first-order chi connectivity index (χ1) is 3.72. The molecule has 0 heterocycles. The van der Waals surface area contributed by atoms with E-state index in [9.17, 15) is 4.79 Å². The fraction of sp³-hybridized carbons (Fsp3) is 0.667. The zero-order valence-electron chi connectivity index (χ0n) is 4.37. The van der Waals surface area contributed by atoms with Crippen molar-refractivity contribution in [3.8, 4) is 0 Å². The van der Waals surface area contributed by atoms with Crippen LogP contribution in [0.25, 0.3) is 0 Å². The van der Waals surface area contributed by atoms with Gasteiger partial charge in [0.05, 0.1) is 6.61 Å². The highest BCUT2D eigenvalue weighted by molar-refractivity contribution is 6.14. The molecule has 0 radical (unpaired) electrons. The number of halogens is 2. The van der Waals surface area contributed by atoms with Gasteiger partial charge in [0, 0.05) is 0 Å². The summed E-state index contributed by atoms with van der Waals surface area (Å²) in [4.78, 5) is 11.7. The minimum atomic E-state index is -1.16. The van der Waals surface area contributed by atoms with Crippen LogP contribution in [0.3, 0.4) is 0 Å². The number of hydrogen-bond donors (Lipinski definition) is 3. The van der Waals surface area contributed by atoms with Gasteiger partial charge in [-0.1, -0.05) is 0 Å². The number of carboxylic acid groups (broad SMARTS) is 1. The molecule has 0 bridgehead atoms. The van der Waals surface area contributed by atoms with Crippen molar-refractivity contribution >= 4 is 30.2 Å². The molecule has 0 aliphatic heterocycles. The predicted molar refractivity (Wildman–Crippen MR) is 34.7 cm³/mol. The smallest absolute Gasteiger partial charge is 0.324 e. The van der Waals surface area contributed by atoms with Crippen LogP contribution in [0.4, 0.5) is 0 Å². The molecule has 1 unspecified atom stereocenters. The van der Waals surface area contributed by atoms with Crippen molar-refractivity contribution in [2.24, 2.45) is 0 Å². The fourth-order valence-electron chi connectivity index (χ4n) is 0.159. The molecule has 0 aromatic carbocycles. The van der Waals surface area contributed by atoms with Crippen LogP contribution < -0.4 is 4.84 Å². The minimum absolute atomic E-state index is 0. The number of carboxylic acids is 1. The lowest BCUT2D eigenvalue weighted by atomic mass is 10.3. The molecular weight excluding hydrogens is 169 g/mol. The molecule has 56 valence electrons. The Kier molecular flexibility index (Phi) is 7.94. The van der Waals surface area contributed by atoms with Crippen LogP contribution in [0, 0.1) is 0 Å². The number of aliphatic hydroxyl groups is 1. The van der Waals surface area contributed by atoms with Gasteiger partial charge in [-0.25, -0.2) is 4.84 Å². The average molecular weight is 176 g/mol. The zero-order valence-corrected chi connectivity index (χ0v) is 5.95. The molecule has 0 aliphatic rings. The highest BCUT2D eigenvalue weighted by atomic mass is 35.5. The maximum atomic E-state index is 9.85. The van der Waals surface area contributed by atoms with Crippen LogP contribution in [0.2, 0.25) is 0 Å². The molecular formula is C3H7Cl2NO3. The molecule has 0 saturated heterocycles. The highest BCUT2D eigenvalue weighted by Gasteiger charge is 2.12. The molecule has 0 fully saturated rings. The van der Waals surface area contributed by atoms with Gasteiger partial charge in [0.15, 0.2) is 0 Å². The number of aliphatic carboxylic acids is 1. The van der Waals surface area contributed by atoms with Gasteiger partial charge in [0.1, 0.15) is 6.04 Å². The summed E-state index contributed by atoms with van der Waals surface area (Å²) in [6, 6.07) is -1.06. The van der Waals surface area contributed by atoms with Crippen molar-refractivity contribution in [3.05, 3.63) is 0 Å². The van der Waals surface area contributed by atoms with E-state index in [1.807, 2.05) is 4.84 Å². The lowest BCUT2D eigenvalue weighted by Gasteiger charge is -2.02. The molecule has 3 N–H and O–H groups in total. The monoisotopic (exact) mass is 175 g/mol. The third kappa shape index (κ3) is 4.47. The molecule has 0 rings (SSSR count). The molecule has 0 aliphatic carbocycles. The first-order valence-corrected chi connectivity index (χ1v) is 2.30. The second kappa shape index (κ2) is 6.10. The van der Waals surface area contributed by atoms with Gasteiger partial charge in [0.2, 0.25) is 0 Å². The third-order valence-electron chi connectivity index (χ3n) is 0.612. The van der Waals surface area contributed by atoms with Crippen LogP contribution in [0.1, 0.15) is 0 Å². The van der Waals surface area contributed by atoms with Crippen molar-refractivity contribution in [1.82, 2.24) is 4.84 Å². The first-order valence-electron chi connectivity index (χ1n) is 1.92. The molecule has 0 amide bonds. The second-order valence-electron chi connectivity index (χ2n) is 1.18. The Balaban J connectivity index is 0. The molecule has 1 atom stereocenters. The van der Waals surface area contributed by atoms with Gasteiger partial charge in [-0.05, 0) is 11.8 Å². The van der Waals surface area contributed by atoms with Crippen molar-refractivity contribution in [2.45, 2.75) is 6.04 Å². The average Bonchev–Trinajstić information content (AvgIpc) is 1.69. The zero-order chi connectivity index (χ0) is 6.57. The largest absolute Gasteiger partial charge is 0.480 e. The van der Waals surface area contributed by atoms with Gasteiger partial charge in [-0.2, -0.15) is 0 Å². The van der Waals surface area contributed by atoms with Crippen molar-refractivity contribution in [3.63, 3.8) is 0 Å². The lowest BCUT2D eigenvalue weighted by Crippen LogP contribution is -2.33. The maximum Gasteiger partial charge on any atom is 0.324 e. The quantitative estimate of drug-likeness (QED) is 0.511. The van der Waals surface area contributed by atoms with E-state index in [1.165, 1.54) is 0 Å². The summed E-state index contributed by atoms with van der Waals surface area (Å²) in [5, 5.41) is 16.2. The molecule has 0 aromatic heterocycles. The topological polar surface area (TPSA) is 69.6 Å². The number of nitrogens with one attached hydrogen (secondary N) is 1. The van der Waals surface area contributed by atoms with Gasteiger partial charge in [-0.3, -0.25) is 4.79 Å². The van der Waals surface area contributed by atoms with Crippen LogP contribution in [-0.4, -0.2) is 28.8 Å². The van der Waals surface area contributed by atoms with E-state index in [0.29, 0.717) is 0 Å². The summed E-state index contributed by atoms with van der Waals surface area (Å²) in [7, 11) is 0. The van der Waals surface area contributed by atoms with Gasteiger partial charge < -0.3 is 10.2 Å². The van der Waals surface area contributed by atoms with Crippen LogP contribution in [0.5, 0.6) is 0 Å². The number of rotatable bonds is 3. The minimum Gasteiger partial charge on any atom is -0.480 e. The number of aliphatic hydroxyl groups excluding tert-OH is 1. The summed E-state index contributed by atoms with van der Waals surface area (Å²) in [5.74, 6) is -1.16. The highest BCUT2D eigenvalue weighted by Crippen LogP contribution is 1.81. The van der Waals surface area contributed by atoms with E-state index < -0.39 is 18.6 Å². The van der Waals surface area contributed by atoms with E-state index >= 15 is 0 Å². The van der Waals surface area contributed by atoms with Gasteiger partial charge in [-0.15, -0.1) is 12.4 Å². The summed E-state index contributed by atoms with van der Waals surface area (Å²) < 4.78 is 0. The van der Waals surface area contributed by atoms with E-state index in [4.69, 9.17) is 22.0 Å². The normalized spacial score (nSPS) is 11.8. The van der Waals surface area contributed by atoms with E-state index in [-0.39, 0.29) is 12.4 Å².